The van der Waals surface area contributed by atoms with Crippen molar-refractivity contribution in [1.82, 2.24) is 4.90 Å². The number of fused-ring (bicyclic) bond motifs is 6. The third-order valence-corrected chi connectivity index (χ3v) is 8.86. The van der Waals surface area contributed by atoms with Crippen molar-refractivity contribution in [2.75, 3.05) is 5.32 Å². The highest BCUT2D eigenvalue weighted by atomic mass is 35.5. The lowest BCUT2D eigenvalue weighted by molar-refractivity contribution is -0.384. The molecular weight excluding hydrogens is 554 g/mol. The summed E-state index contributed by atoms with van der Waals surface area (Å²) >= 11 is 6.12. The first-order valence-electron chi connectivity index (χ1n) is 13.4. The SMILES string of the molecule is O=C(c1ccc(Cl)cc1)[C@@H]1[C@H](C(=O)c2ccc([N+](=O)[O-])cc2)[C@@]2(C(=O)Nc3ccccc32)[C@H]2c3ccccc3C=CN12. The molecule has 1 spiro atoms. The molecule has 8 nitrogen and oxygen atoms in total. The van der Waals surface area contributed by atoms with Crippen LogP contribution in [0.25, 0.3) is 6.08 Å². The lowest BCUT2D eigenvalue weighted by Crippen LogP contribution is -2.49. The molecule has 0 saturated carbocycles. The molecule has 4 aromatic rings. The van der Waals surface area contributed by atoms with Gasteiger partial charge in [-0.3, -0.25) is 24.5 Å². The number of non-ortho nitro benzene ring substituents is 1. The van der Waals surface area contributed by atoms with Gasteiger partial charge in [-0.25, -0.2) is 0 Å². The lowest BCUT2D eigenvalue weighted by atomic mass is 9.62. The topological polar surface area (TPSA) is 110 Å². The minimum atomic E-state index is -1.48. The highest BCUT2D eigenvalue weighted by molar-refractivity contribution is 6.30. The van der Waals surface area contributed by atoms with Crippen LogP contribution in [0.3, 0.4) is 0 Å². The van der Waals surface area contributed by atoms with Crippen LogP contribution in [-0.4, -0.2) is 33.3 Å². The van der Waals surface area contributed by atoms with Crippen molar-refractivity contribution in [3.05, 3.63) is 146 Å². The Bertz CT molecular complexity index is 1840. The maximum absolute atomic E-state index is 14.7. The number of nitrogens with one attached hydrogen (secondary N) is 1. The van der Waals surface area contributed by atoms with E-state index in [-0.39, 0.29) is 22.9 Å². The number of benzene rings is 4. The minimum absolute atomic E-state index is 0.167. The standard InChI is InChI=1S/C33H22ClN3O5/c34-22-13-9-21(10-14-22)30(39)28-27(29(38)20-11-15-23(16-12-20)37(41)42)33(25-7-3-4-8-26(25)35-32(33)40)31-24-6-2-1-5-19(24)17-18-36(28)31/h1-18,27-28,31H,(H,35,40)/t27-,28+,31-,33-/m1/s1. The van der Waals surface area contributed by atoms with E-state index in [9.17, 15) is 24.5 Å². The fourth-order valence-corrected chi connectivity index (χ4v) is 7.01. The molecule has 1 amide bonds. The first kappa shape index (κ1) is 25.9. The fraction of sp³-hybridized carbons (Fsp3) is 0.121. The van der Waals surface area contributed by atoms with Gasteiger partial charge in [0.15, 0.2) is 11.6 Å². The predicted molar refractivity (Wildman–Crippen MR) is 157 cm³/mol. The molecule has 9 heteroatoms. The van der Waals surface area contributed by atoms with Gasteiger partial charge in [-0.2, -0.15) is 0 Å². The van der Waals surface area contributed by atoms with E-state index < -0.39 is 34.1 Å². The maximum atomic E-state index is 14.7. The number of nitrogens with zero attached hydrogens (tertiary/aromatic N) is 2. The van der Waals surface area contributed by atoms with Gasteiger partial charge in [-0.05, 0) is 65.2 Å². The van der Waals surface area contributed by atoms with E-state index >= 15 is 0 Å². The number of nitro groups is 1. The molecule has 0 bridgehead atoms. The zero-order chi connectivity index (χ0) is 29.2. The Kier molecular flexibility index (Phi) is 5.85. The molecule has 206 valence electrons. The number of carbonyl (C=O) groups is 3. The van der Waals surface area contributed by atoms with Gasteiger partial charge in [0.05, 0.1) is 16.9 Å². The summed E-state index contributed by atoms with van der Waals surface area (Å²) in [4.78, 5) is 56.3. The van der Waals surface area contributed by atoms with E-state index in [4.69, 9.17) is 11.6 Å². The van der Waals surface area contributed by atoms with Gasteiger partial charge in [0.2, 0.25) is 5.91 Å². The second kappa shape index (κ2) is 9.49. The van der Waals surface area contributed by atoms with E-state index in [1.165, 1.54) is 24.3 Å². The summed E-state index contributed by atoms with van der Waals surface area (Å²) in [5, 5.41) is 14.8. The molecule has 0 aromatic heterocycles. The van der Waals surface area contributed by atoms with Crippen LogP contribution in [0.15, 0.2) is 103 Å². The second-order valence-corrected chi connectivity index (χ2v) is 11.1. The average Bonchev–Trinajstić information content (AvgIpc) is 3.49. The maximum Gasteiger partial charge on any atom is 0.269 e. The van der Waals surface area contributed by atoms with E-state index in [0.717, 1.165) is 11.1 Å². The molecule has 1 saturated heterocycles. The van der Waals surface area contributed by atoms with Crippen molar-refractivity contribution >= 4 is 46.5 Å². The van der Waals surface area contributed by atoms with Crippen LogP contribution >= 0.6 is 11.6 Å². The normalized spacial score (nSPS) is 23.2. The van der Waals surface area contributed by atoms with Crippen molar-refractivity contribution in [2.45, 2.75) is 17.5 Å². The summed E-state index contributed by atoms with van der Waals surface area (Å²) in [6.07, 6.45) is 3.68. The van der Waals surface area contributed by atoms with Crippen molar-refractivity contribution in [1.29, 1.82) is 0 Å². The van der Waals surface area contributed by atoms with Crippen LogP contribution in [-0.2, 0) is 10.2 Å². The molecule has 4 atom stereocenters. The van der Waals surface area contributed by atoms with Crippen molar-refractivity contribution < 1.29 is 19.3 Å². The molecular formula is C33H22ClN3O5. The van der Waals surface area contributed by atoms with E-state index in [2.05, 4.69) is 5.32 Å². The molecule has 0 unspecified atom stereocenters. The summed E-state index contributed by atoms with van der Waals surface area (Å²) in [5.41, 5.74) is 1.78. The van der Waals surface area contributed by atoms with Crippen LogP contribution < -0.4 is 5.32 Å². The van der Waals surface area contributed by atoms with Gasteiger partial charge in [0.1, 0.15) is 11.5 Å². The highest BCUT2D eigenvalue weighted by Gasteiger charge is 2.70. The van der Waals surface area contributed by atoms with Crippen LogP contribution in [0.2, 0.25) is 5.02 Å². The molecule has 0 radical (unpaired) electrons. The molecule has 1 fully saturated rings. The smallest absolute Gasteiger partial charge is 0.269 e. The Morgan fingerprint density at radius 2 is 1.50 bits per heavy atom. The van der Waals surface area contributed by atoms with Gasteiger partial charge >= 0.3 is 0 Å². The Morgan fingerprint density at radius 3 is 2.24 bits per heavy atom. The largest absolute Gasteiger partial charge is 0.358 e. The van der Waals surface area contributed by atoms with E-state index in [1.54, 1.807) is 36.5 Å². The Morgan fingerprint density at radius 1 is 0.857 bits per heavy atom. The van der Waals surface area contributed by atoms with Crippen LogP contribution in [0, 0.1) is 16.0 Å². The molecule has 3 heterocycles. The number of amides is 1. The van der Waals surface area contributed by atoms with E-state index in [0.29, 0.717) is 21.8 Å². The van der Waals surface area contributed by atoms with Gasteiger partial charge in [0.25, 0.3) is 5.69 Å². The summed E-state index contributed by atoms with van der Waals surface area (Å²) in [7, 11) is 0. The first-order chi connectivity index (χ1) is 20.3. The molecule has 0 aliphatic carbocycles. The zero-order valence-corrected chi connectivity index (χ0v) is 22.7. The number of nitro benzene ring substituents is 1. The molecule has 42 heavy (non-hydrogen) atoms. The number of para-hydroxylation sites is 1. The molecule has 7 rings (SSSR count). The Labute approximate surface area is 245 Å². The van der Waals surface area contributed by atoms with Crippen molar-refractivity contribution in [2.24, 2.45) is 5.92 Å². The predicted octanol–water partition coefficient (Wildman–Crippen LogP) is 6.23. The number of halogens is 1. The number of hydrogen-bond acceptors (Lipinski definition) is 6. The number of anilines is 1. The van der Waals surface area contributed by atoms with Gasteiger partial charge in [-0.1, -0.05) is 54.1 Å². The highest BCUT2D eigenvalue weighted by Crippen LogP contribution is 2.62. The minimum Gasteiger partial charge on any atom is -0.358 e. The van der Waals surface area contributed by atoms with Crippen molar-refractivity contribution in [3.63, 3.8) is 0 Å². The van der Waals surface area contributed by atoms with Crippen LogP contribution in [0.4, 0.5) is 11.4 Å². The third-order valence-electron chi connectivity index (χ3n) is 8.61. The molecule has 3 aliphatic heterocycles. The quantitative estimate of drug-likeness (QED) is 0.172. The molecule has 4 aromatic carbocycles. The number of Topliss-reactive ketones (excluding diaryl/α,β-unsaturated/α-hetero) is 2. The second-order valence-electron chi connectivity index (χ2n) is 10.6. The number of carbonyl (C=O) groups excluding carboxylic acids is 3. The average molecular weight is 576 g/mol. The van der Waals surface area contributed by atoms with Crippen LogP contribution in [0.5, 0.6) is 0 Å². The third kappa shape index (κ3) is 3.58. The lowest BCUT2D eigenvalue weighted by Gasteiger charge is -2.38. The van der Waals surface area contributed by atoms with Gasteiger partial charge in [0, 0.05) is 40.2 Å². The summed E-state index contributed by atoms with van der Waals surface area (Å²) < 4.78 is 0. The number of rotatable bonds is 5. The van der Waals surface area contributed by atoms with Gasteiger partial charge < -0.3 is 10.2 Å². The molecule has 1 N–H and O–H groups in total. The summed E-state index contributed by atoms with van der Waals surface area (Å²) in [6.45, 7) is 0. The van der Waals surface area contributed by atoms with E-state index in [1.807, 2.05) is 53.4 Å². The monoisotopic (exact) mass is 575 g/mol. The van der Waals surface area contributed by atoms with Crippen LogP contribution in [0.1, 0.15) is 43.4 Å². The summed E-state index contributed by atoms with van der Waals surface area (Å²) in [5.74, 6) is -2.35. The Balaban J connectivity index is 1.51. The number of ketones is 2. The Hall–Kier alpha value is -5.08. The summed E-state index contributed by atoms with van der Waals surface area (Å²) in [6, 6.07) is 24.9. The first-order valence-corrected chi connectivity index (χ1v) is 13.7. The zero-order valence-electron chi connectivity index (χ0n) is 21.9. The fourth-order valence-electron chi connectivity index (χ4n) is 6.88. The molecule has 3 aliphatic rings. The van der Waals surface area contributed by atoms with Gasteiger partial charge in [-0.15, -0.1) is 0 Å². The number of hydrogen-bond donors (Lipinski definition) is 1. The van der Waals surface area contributed by atoms with Crippen molar-refractivity contribution in [3.8, 4) is 0 Å².